The lowest BCUT2D eigenvalue weighted by Gasteiger charge is -2.12. The summed E-state index contributed by atoms with van der Waals surface area (Å²) < 4.78 is 11.0. The smallest absolute Gasteiger partial charge is 0.341 e. The Labute approximate surface area is 200 Å². The van der Waals surface area contributed by atoms with Crippen molar-refractivity contribution in [2.24, 2.45) is 0 Å². The van der Waals surface area contributed by atoms with Crippen LogP contribution in [0.15, 0.2) is 62.4 Å². The quantitative estimate of drug-likeness (QED) is 0.251. The first-order chi connectivity index (χ1) is 16.1. The van der Waals surface area contributed by atoms with Crippen LogP contribution in [0.1, 0.15) is 46.3 Å². The molecule has 2 aromatic heterocycles. The van der Waals surface area contributed by atoms with Crippen molar-refractivity contribution < 1.29 is 18.7 Å². The van der Waals surface area contributed by atoms with Crippen molar-refractivity contribution in [1.29, 1.82) is 5.26 Å². The summed E-state index contributed by atoms with van der Waals surface area (Å²) in [6.07, 6.45) is 5.10. The number of carbonyl (C=O) groups excluding carboxylic acids is 2. The van der Waals surface area contributed by atoms with E-state index in [4.69, 9.17) is 9.15 Å². The average Bonchev–Trinajstić information content (AvgIpc) is 3.41. The highest BCUT2D eigenvalue weighted by Gasteiger charge is 2.27. The molecule has 3 aromatic rings. The predicted molar refractivity (Wildman–Crippen MR) is 128 cm³/mol. The molecule has 2 heterocycles. The number of nitrogens with zero attached hydrogens (tertiary/aromatic N) is 1. The first-order valence-electron chi connectivity index (χ1n) is 10.7. The van der Waals surface area contributed by atoms with Gasteiger partial charge in [0.25, 0.3) is 5.91 Å². The highest BCUT2D eigenvalue weighted by molar-refractivity contribution is 7.99. The van der Waals surface area contributed by atoms with Gasteiger partial charge in [-0.05, 0) is 62.4 Å². The second kappa shape index (κ2) is 10.6. The molecule has 33 heavy (non-hydrogen) atoms. The zero-order valence-corrected chi connectivity index (χ0v) is 19.7. The summed E-state index contributed by atoms with van der Waals surface area (Å²) in [5, 5.41) is 13.4. The molecular weight excluding hydrogens is 456 g/mol. The number of rotatable bonds is 7. The number of esters is 1. The molecule has 0 bridgehead atoms. The molecule has 1 amide bonds. The molecule has 0 unspecified atom stereocenters. The second-order valence-electron chi connectivity index (χ2n) is 7.33. The highest BCUT2D eigenvalue weighted by Crippen LogP contribution is 2.39. The maximum atomic E-state index is 12.9. The Morgan fingerprint density at radius 2 is 2.00 bits per heavy atom. The van der Waals surface area contributed by atoms with Gasteiger partial charge in [0, 0.05) is 15.8 Å². The number of nitriles is 1. The summed E-state index contributed by atoms with van der Waals surface area (Å²) in [5.41, 5.74) is 1.26. The summed E-state index contributed by atoms with van der Waals surface area (Å²) in [6.45, 7) is 2.00. The number of carbonyl (C=O) groups is 2. The molecule has 0 radical (unpaired) electrons. The molecule has 0 atom stereocenters. The van der Waals surface area contributed by atoms with Crippen LogP contribution in [0.5, 0.6) is 0 Å². The normalized spacial score (nSPS) is 13.2. The van der Waals surface area contributed by atoms with Crippen LogP contribution in [0.4, 0.5) is 5.00 Å². The Bertz CT molecular complexity index is 1240. The van der Waals surface area contributed by atoms with Crippen molar-refractivity contribution >= 4 is 46.1 Å². The Kier molecular flexibility index (Phi) is 7.33. The number of hydrogen-bond acceptors (Lipinski definition) is 7. The maximum absolute atomic E-state index is 12.9. The van der Waals surface area contributed by atoms with E-state index in [-0.39, 0.29) is 12.2 Å². The van der Waals surface area contributed by atoms with Crippen LogP contribution in [-0.2, 0) is 22.4 Å². The van der Waals surface area contributed by atoms with E-state index in [1.807, 2.05) is 36.4 Å². The van der Waals surface area contributed by atoms with Gasteiger partial charge in [0.2, 0.25) is 0 Å². The molecule has 0 saturated heterocycles. The van der Waals surface area contributed by atoms with E-state index < -0.39 is 11.9 Å². The van der Waals surface area contributed by atoms with Crippen LogP contribution in [0.25, 0.3) is 6.08 Å². The predicted octanol–water partition coefficient (Wildman–Crippen LogP) is 6.09. The number of thiophene rings is 1. The molecule has 6 nitrogen and oxygen atoms in total. The van der Waals surface area contributed by atoms with Gasteiger partial charge in [0.1, 0.15) is 22.4 Å². The number of ether oxygens (including phenoxy) is 1. The minimum atomic E-state index is -0.588. The molecule has 1 aliphatic carbocycles. The lowest BCUT2D eigenvalue weighted by Crippen LogP contribution is -2.16. The zero-order chi connectivity index (χ0) is 23.2. The standard InChI is InChI=1S/C25H22N2O4S2/c1-2-30-25(29)22-19-10-6-7-11-20(19)33-24(22)27-23(28)16(15-26)14-17-12-13-21(31-17)32-18-8-4-3-5-9-18/h3-5,8-9,12-14H,2,6-7,10-11H2,1H3,(H,27,28)/b16-14+. The Balaban J connectivity index is 1.54. The molecule has 1 aliphatic rings. The van der Waals surface area contributed by atoms with Gasteiger partial charge >= 0.3 is 5.97 Å². The molecule has 0 aliphatic heterocycles. The Hall–Kier alpha value is -3.28. The summed E-state index contributed by atoms with van der Waals surface area (Å²) in [5.74, 6) is -0.630. The number of benzene rings is 1. The average molecular weight is 479 g/mol. The molecule has 0 saturated carbocycles. The van der Waals surface area contributed by atoms with Gasteiger partial charge in [-0.3, -0.25) is 4.79 Å². The van der Waals surface area contributed by atoms with Crippen LogP contribution in [0, 0.1) is 11.3 Å². The molecule has 1 aromatic carbocycles. The van der Waals surface area contributed by atoms with Crippen LogP contribution in [-0.4, -0.2) is 18.5 Å². The number of fused-ring (bicyclic) bond motifs is 1. The summed E-state index contributed by atoms with van der Waals surface area (Å²) in [4.78, 5) is 27.6. The Morgan fingerprint density at radius 1 is 1.21 bits per heavy atom. The SMILES string of the molecule is CCOC(=O)c1c(NC(=O)/C(C#N)=C/c2ccc(Sc3ccccc3)o2)sc2c1CCCC2. The number of aryl methyl sites for hydroxylation is 1. The first kappa shape index (κ1) is 22.9. The van der Waals surface area contributed by atoms with Crippen molar-refractivity contribution in [1.82, 2.24) is 0 Å². The van der Waals surface area contributed by atoms with Crippen molar-refractivity contribution in [3.8, 4) is 6.07 Å². The van der Waals surface area contributed by atoms with E-state index in [1.54, 1.807) is 19.1 Å². The fourth-order valence-electron chi connectivity index (χ4n) is 3.61. The topological polar surface area (TPSA) is 92.3 Å². The van der Waals surface area contributed by atoms with Gasteiger partial charge < -0.3 is 14.5 Å². The third-order valence-corrected chi connectivity index (χ3v) is 7.23. The van der Waals surface area contributed by atoms with E-state index >= 15 is 0 Å². The zero-order valence-electron chi connectivity index (χ0n) is 18.1. The van der Waals surface area contributed by atoms with Gasteiger partial charge in [-0.25, -0.2) is 4.79 Å². The fraction of sp³-hybridized carbons (Fsp3) is 0.240. The van der Waals surface area contributed by atoms with E-state index in [2.05, 4.69) is 5.32 Å². The molecule has 0 fully saturated rings. The fourth-order valence-corrected chi connectivity index (χ4v) is 5.68. The number of nitrogens with one attached hydrogen (secondary N) is 1. The number of furan rings is 1. The van der Waals surface area contributed by atoms with Gasteiger partial charge in [0.15, 0.2) is 5.09 Å². The van der Waals surface area contributed by atoms with Crippen LogP contribution in [0.2, 0.25) is 0 Å². The van der Waals surface area contributed by atoms with Crippen molar-refractivity contribution in [3.63, 3.8) is 0 Å². The number of amides is 1. The number of hydrogen-bond donors (Lipinski definition) is 1. The molecule has 0 spiro atoms. The van der Waals surface area contributed by atoms with Crippen molar-refractivity contribution in [2.45, 2.75) is 42.6 Å². The van der Waals surface area contributed by atoms with Gasteiger partial charge in [-0.1, -0.05) is 30.0 Å². The van der Waals surface area contributed by atoms with Crippen molar-refractivity contribution in [2.75, 3.05) is 11.9 Å². The molecule has 1 N–H and O–H groups in total. The second-order valence-corrected chi connectivity index (χ2v) is 9.51. The first-order valence-corrected chi connectivity index (χ1v) is 12.3. The van der Waals surface area contributed by atoms with E-state index in [0.717, 1.165) is 41.0 Å². The molecule has 4 rings (SSSR count). The van der Waals surface area contributed by atoms with E-state index in [9.17, 15) is 14.9 Å². The molecule has 8 heteroatoms. The number of anilines is 1. The summed E-state index contributed by atoms with van der Waals surface area (Å²) in [6, 6.07) is 15.2. The minimum Gasteiger partial charge on any atom is -0.462 e. The third kappa shape index (κ3) is 5.38. The van der Waals surface area contributed by atoms with Gasteiger partial charge in [-0.2, -0.15) is 5.26 Å². The summed E-state index contributed by atoms with van der Waals surface area (Å²) in [7, 11) is 0. The lowest BCUT2D eigenvalue weighted by atomic mass is 9.95. The molecular formula is C25H22N2O4S2. The van der Waals surface area contributed by atoms with Crippen LogP contribution in [0.3, 0.4) is 0 Å². The maximum Gasteiger partial charge on any atom is 0.341 e. The highest BCUT2D eigenvalue weighted by atomic mass is 32.2. The van der Waals surface area contributed by atoms with Crippen LogP contribution < -0.4 is 5.32 Å². The van der Waals surface area contributed by atoms with E-state index in [1.165, 1.54) is 29.2 Å². The molecule has 168 valence electrons. The minimum absolute atomic E-state index is 0.109. The van der Waals surface area contributed by atoms with Gasteiger partial charge in [-0.15, -0.1) is 11.3 Å². The largest absolute Gasteiger partial charge is 0.462 e. The van der Waals surface area contributed by atoms with Gasteiger partial charge in [0.05, 0.1) is 12.2 Å². The lowest BCUT2D eigenvalue weighted by molar-refractivity contribution is -0.112. The third-order valence-electron chi connectivity index (χ3n) is 5.09. The van der Waals surface area contributed by atoms with E-state index in [0.29, 0.717) is 21.4 Å². The Morgan fingerprint density at radius 3 is 2.76 bits per heavy atom. The monoisotopic (exact) mass is 478 g/mol. The van der Waals surface area contributed by atoms with Crippen LogP contribution >= 0.6 is 23.1 Å². The van der Waals surface area contributed by atoms with Crippen molar-refractivity contribution in [3.05, 3.63) is 69.8 Å². The summed E-state index contributed by atoms with van der Waals surface area (Å²) >= 11 is 2.84.